The van der Waals surface area contributed by atoms with Gasteiger partial charge in [-0.05, 0) is 86.3 Å². The maximum atomic E-state index is 12.8. The number of hydrogen-bond donors (Lipinski definition) is 1. The summed E-state index contributed by atoms with van der Waals surface area (Å²) in [7, 11) is 0. The van der Waals surface area contributed by atoms with E-state index in [1.807, 2.05) is 30.5 Å². The second-order valence-corrected chi connectivity index (χ2v) is 9.68. The Bertz CT molecular complexity index is 1200. The molecule has 3 aliphatic heterocycles. The Morgan fingerprint density at radius 3 is 2.68 bits per heavy atom. The van der Waals surface area contributed by atoms with E-state index in [9.17, 15) is 4.79 Å². The number of thioether (sulfide) groups is 1. The molecule has 0 bridgehead atoms. The van der Waals surface area contributed by atoms with E-state index in [2.05, 4.69) is 39.5 Å². The van der Waals surface area contributed by atoms with Crippen LogP contribution >= 0.6 is 11.8 Å². The standard InChI is InChI=1S/C25H28N6O2S/c1-17-13-18(2)15-20(14-17)33-12-6-11-29-10-5-7-19(29)16-21-22(26)31-24(27-23(21)32)34-25(28-31)30-8-3-4-9-30/h5,7,10,13-16,26H,3-4,6,8-9,11-12H2,1-2H3/b21-16-,26-22?. The summed E-state index contributed by atoms with van der Waals surface area (Å²) in [5, 5.41) is 16.0. The van der Waals surface area contributed by atoms with Crippen LogP contribution in [-0.2, 0) is 11.3 Å². The molecule has 5 rings (SSSR count). The molecule has 0 atom stereocenters. The SMILES string of the molecule is Cc1cc(C)cc(OCCCn2cccc2/C=C2/C(=N)N3N=C(N4CCCC4)SC3=NC2=O)c1. The average Bonchev–Trinajstić information content (AvgIpc) is 3.54. The number of aliphatic imine (C=N–C) groups is 1. The molecule has 0 spiro atoms. The van der Waals surface area contributed by atoms with Gasteiger partial charge in [-0.1, -0.05) is 6.07 Å². The Morgan fingerprint density at radius 1 is 1.15 bits per heavy atom. The van der Waals surface area contributed by atoms with Crippen molar-refractivity contribution < 1.29 is 9.53 Å². The van der Waals surface area contributed by atoms with Crippen molar-refractivity contribution in [3.63, 3.8) is 0 Å². The summed E-state index contributed by atoms with van der Waals surface area (Å²) in [6.07, 6.45) is 6.81. The van der Waals surface area contributed by atoms with E-state index < -0.39 is 5.91 Å². The molecule has 3 aliphatic rings. The molecule has 1 aromatic carbocycles. The monoisotopic (exact) mass is 476 g/mol. The van der Waals surface area contributed by atoms with E-state index in [-0.39, 0.29) is 11.4 Å². The predicted molar refractivity (Wildman–Crippen MR) is 136 cm³/mol. The molecule has 176 valence electrons. The van der Waals surface area contributed by atoms with Crippen LogP contribution in [0.3, 0.4) is 0 Å². The van der Waals surface area contributed by atoms with Crippen LogP contribution in [0.25, 0.3) is 6.08 Å². The number of nitrogens with zero attached hydrogens (tertiary/aromatic N) is 5. The first-order valence-electron chi connectivity index (χ1n) is 11.6. The highest BCUT2D eigenvalue weighted by Gasteiger charge is 2.37. The Balaban J connectivity index is 1.25. The maximum absolute atomic E-state index is 12.8. The number of amidine groups is 3. The van der Waals surface area contributed by atoms with Gasteiger partial charge < -0.3 is 14.2 Å². The van der Waals surface area contributed by atoms with Crippen LogP contribution in [0, 0.1) is 19.3 Å². The lowest BCUT2D eigenvalue weighted by Crippen LogP contribution is -2.35. The first-order valence-corrected chi connectivity index (χ1v) is 12.4. The largest absolute Gasteiger partial charge is 0.494 e. The van der Waals surface area contributed by atoms with Crippen LogP contribution in [-0.4, -0.2) is 56.3 Å². The molecule has 4 heterocycles. The molecule has 9 heteroatoms. The van der Waals surface area contributed by atoms with E-state index in [4.69, 9.17) is 10.1 Å². The minimum Gasteiger partial charge on any atom is -0.494 e. The van der Waals surface area contributed by atoms with Gasteiger partial charge in [-0.3, -0.25) is 10.2 Å². The molecule has 1 saturated heterocycles. The minimum atomic E-state index is -0.396. The number of hydrazone groups is 1. The van der Waals surface area contributed by atoms with Crippen LogP contribution < -0.4 is 4.74 Å². The van der Waals surface area contributed by atoms with Crippen molar-refractivity contribution in [1.29, 1.82) is 5.41 Å². The predicted octanol–water partition coefficient (Wildman–Crippen LogP) is 4.25. The molecule has 0 unspecified atom stereocenters. The van der Waals surface area contributed by atoms with Gasteiger partial charge in [0.05, 0.1) is 12.2 Å². The fraction of sp³-hybridized carbons (Fsp3) is 0.360. The molecule has 0 radical (unpaired) electrons. The van der Waals surface area contributed by atoms with E-state index in [1.165, 1.54) is 27.9 Å². The first kappa shape index (κ1) is 22.5. The van der Waals surface area contributed by atoms with E-state index in [0.29, 0.717) is 11.8 Å². The number of benzene rings is 1. The molecule has 0 aliphatic carbocycles. The molecule has 0 saturated carbocycles. The number of likely N-dealkylation sites (tertiary alicyclic amines) is 1. The smallest absolute Gasteiger partial charge is 0.283 e. The van der Waals surface area contributed by atoms with Crippen molar-refractivity contribution in [3.8, 4) is 5.75 Å². The topological polar surface area (TPSA) is 86.3 Å². The second kappa shape index (κ2) is 9.50. The number of aryl methyl sites for hydroxylation is 3. The molecule has 1 N–H and O–H groups in total. The van der Waals surface area contributed by atoms with Crippen molar-refractivity contribution in [2.75, 3.05) is 19.7 Å². The number of fused-ring (bicyclic) bond motifs is 1. The van der Waals surface area contributed by atoms with Crippen molar-refractivity contribution in [2.24, 2.45) is 10.1 Å². The Morgan fingerprint density at radius 2 is 1.91 bits per heavy atom. The molecule has 2 aromatic rings. The Labute approximate surface area is 203 Å². The van der Waals surface area contributed by atoms with Gasteiger partial charge in [0.1, 0.15) is 5.75 Å². The molecule has 1 amide bonds. The van der Waals surface area contributed by atoms with Gasteiger partial charge in [-0.2, -0.15) is 10.0 Å². The number of ether oxygens (including phenoxy) is 1. The second-order valence-electron chi connectivity index (χ2n) is 8.75. The number of nitrogens with one attached hydrogen (secondary N) is 1. The normalized spacial score (nSPS) is 19.1. The van der Waals surface area contributed by atoms with Gasteiger partial charge in [0.2, 0.25) is 5.17 Å². The summed E-state index contributed by atoms with van der Waals surface area (Å²) in [6.45, 7) is 7.38. The van der Waals surface area contributed by atoms with Crippen molar-refractivity contribution in [2.45, 2.75) is 39.7 Å². The van der Waals surface area contributed by atoms with Gasteiger partial charge in [-0.15, -0.1) is 5.10 Å². The van der Waals surface area contributed by atoms with Crippen molar-refractivity contribution in [1.82, 2.24) is 14.5 Å². The van der Waals surface area contributed by atoms with E-state index in [0.717, 1.165) is 55.5 Å². The zero-order valence-electron chi connectivity index (χ0n) is 19.5. The van der Waals surface area contributed by atoms with Gasteiger partial charge in [0.15, 0.2) is 11.0 Å². The summed E-state index contributed by atoms with van der Waals surface area (Å²) >= 11 is 1.37. The molecule has 34 heavy (non-hydrogen) atoms. The van der Waals surface area contributed by atoms with E-state index >= 15 is 0 Å². The van der Waals surface area contributed by atoms with Crippen LogP contribution in [0.2, 0.25) is 0 Å². The maximum Gasteiger partial charge on any atom is 0.283 e. The Kier molecular flexibility index (Phi) is 6.28. The zero-order chi connectivity index (χ0) is 23.7. The number of carbonyl (C=O) groups is 1. The lowest BCUT2D eigenvalue weighted by molar-refractivity contribution is -0.114. The molecule has 1 fully saturated rings. The van der Waals surface area contributed by atoms with Gasteiger partial charge in [0, 0.05) is 31.5 Å². The highest BCUT2D eigenvalue weighted by molar-refractivity contribution is 8.26. The van der Waals surface area contributed by atoms with Crippen molar-refractivity contribution in [3.05, 3.63) is 58.9 Å². The lowest BCUT2D eigenvalue weighted by Gasteiger charge is -2.20. The van der Waals surface area contributed by atoms with Crippen molar-refractivity contribution >= 4 is 39.9 Å². The third-order valence-electron chi connectivity index (χ3n) is 5.98. The van der Waals surface area contributed by atoms with Crippen LogP contribution in [0.5, 0.6) is 5.75 Å². The third kappa shape index (κ3) is 4.65. The summed E-state index contributed by atoms with van der Waals surface area (Å²) in [6, 6.07) is 10.1. The summed E-state index contributed by atoms with van der Waals surface area (Å²) in [4.78, 5) is 19.2. The minimum absolute atomic E-state index is 0.0718. The van der Waals surface area contributed by atoms with Gasteiger partial charge in [-0.25, -0.2) is 0 Å². The van der Waals surface area contributed by atoms with Crippen LogP contribution in [0.15, 0.2) is 52.2 Å². The average molecular weight is 477 g/mol. The third-order valence-corrected chi connectivity index (χ3v) is 6.95. The van der Waals surface area contributed by atoms with E-state index in [1.54, 1.807) is 6.08 Å². The summed E-state index contributed by atoms with van der Waals surface area (Å²) in [5.74, 6) is 0.565. The van der Waals surface area contributed by atoms with Crippen LogP contribution in [0.1, 0.15) is 36.1 Å². The summed E-state index contributed by atoms with van der Waals surface area (Å²) in [5.41, 5.74) is 3.48. The fourth-order valence-corrected chi connectivity index (χ4v) is 5.31. The van der Waals surface area contributed by atoms with Gasteiger partial charge >= 0.3 is 0 Å². The molecule has 1 aromatic heterocycles. The first-order chi connectivity index (χ1) is 16.5. The highest BCUT2D eigenvalue weighted by atomic mass is 32.2. The highest BCUT2D eigenvalue weighted by Crippen LogP contribution is 2.30. The quantitative estimate of drug-likeness (QED) is 0.498. The molecule has 8 nitrogen and oxygen atoms in total. The lowest BCUT2D eigenvalue weighted by atomic mass is 10.1. The number of carbonyl (C=O) groups excluding carboxylic acids is 1. The molecular formula is C25H28N6O2S. The molecular weight excluding hydrogens is 448 g/mol. The Hall–Kier alpha value is -3.33. The fourth-order valence-electron chi connectivity index (χ4n) is 4.37. The van der Waals surface area contributed by atoms with Gasteiger partial charge in [0.25, 0.3) is 5.91 Å². The zero-order valence-corrected chi connectivity index (χ0v) is 20.3. The summed E-state index contributed by atoms with van der Waals surface area (Å²) < 4.78 is 7.99. The number of hydrogen-bond acceptors (Lipinski definition) is 6. The number of amides is 1. The number of rotatable bonds is 6. The number of aromatic nitrogens is 1. The van der Waals surface area contributed by atoms with Crippen LogP contribution in [0.4, 0.5) is 0 Å².